The Hall–Kier alpha value is -3.39. The second kappa shape index (κ2) is 10.9. The molecule has 8 heteroatoms. The number of nitrogens with zero attached hydrogens (tertiary/aromatic N) is 2. The van der Waals surface area contributed by atoms with E-state index in [-0.39, 0.29) is 30.1 Å². The van der Waals surface area contributed by atoms with E-state index in [1.165, 1.54) is 6.20 Å². The van der Waals surface area contributed by atoms with Gasteiger partial charge in [-0.25, -0.2) is 0 Å². The van der Waals surface area contributed by atoms with Crippen molar-refractivity contribution in [2.45, 2.75) is 19.0 Å². The molecule has 1 amide bonds. The molecule has 0 aliphatic heterocycles. The molecule has 0 fully saturated rings. The summed E-state index contributed by atoms with van der Waals surface area (Å²) < 4.78 is 7.61. The van der Waals surface area contributed by atoms with Crippen LogP contribution in [0.5, 0.6) is 0 Å². The number of halogens is 1. The number of rotatable bonds is 9. The maximum Gasteiger partial charge on any atom is 0.257 e. The molecule has 4 aromatic rings. The van der Waals surface area contributed by atoms with Gasteiger partial charge in [0.05, 0.1) is 18.5 Å². The number of carbonyl (C=O) groups is 1. The predicted molar refractivity (Wildman–Crippen MR) is 137 cm³/mol. The maximum atomic E-state index is 13.1. The molecule has 0 aliphatic carbocycles. The van der Waals surface area contributed by atoms with Gasteiger partial charge in [0, 0.05) is 37.3 Å². The number of likely N-dealkylation sites (N-methyl/N-ethyl adjacent to an activating group) is 1. The van der Waals surface area contributed by atoms with Crippen LogP contribution in [0.3, 0.4) is 0 Å². The summed E-state index contributed by atoms with van der Waals surface area (Å²) in [6.45, 7) is 1.39. The first-order valence-corrected chi connectivity index (χ1v) is 11.7. The van der Waals surface area contributed by atoms with E-state index < -0.39 is 5.91 Å². The Morgan fingerprint density at radius 2 is 1.89 bits per heavy atom. The van der Waals surface area contributed by atoms with Crippen LogP contribution in [0, 0.1) is 0 Å². The first-order chi connectivity index (χ1) is 16.9. The van der Waals surface area contributed by atoms with Crippen molar-refractivity contribution >= 4 is 28.6 Å². The summed E-state index contributed by atoms with van der Waals surface area (Å²) in [5.74, 6) is 0.127. The molecule has 4 rings (SSSR count). The lowest BCUT2D eigenvalue weighted by molar-refractivity contribution is 0.0949. The Bertz CT molecular complexity index is 1360. The fraction of sp³-hybridized carbons (Fsp3) is 0.259. The summed E-state index contributed by atoms with van der Waals surface area (Å²) in [6, 6.07) is 18.7. The summed E-state index contributed by atoms with van der Waals surface area (Å²) in [5, 5.41) is 13.6. The Balaban J connectivity index is 1.49. The van der Waals surface area contributed by atoms with E-state index in [2.05, 4.69) is 5.32 Å². The van der Waals surface area contributed by atoms with Gasteiger partial charge in [0.1, 0.15) is 11.3 Å². The minimum Gasteiger partial charge on any atom is -0.443 e. The van der Waals surface area contributed by atoms with Gasteiger partial charge >= 0.3 is 0 Å². The standard InChI is InChI=1S/C27H28ClN3O4/c1-30(14-20(17-32)19-6-4-3-5-7-19)15-22-12-23-25(33)24(16-31(2)27(23)35-22)26(34)29-13-18-8-10-21(28)11-9-18/h3-12,16,20,32H,13-15,17H2,1-2H3,(H,29,34). The van der Waals surface area contributed by atoms with Crippen LogP contribution in [0.4, 0.5) is 0 Å². The lowest BCUT2D eigenvalue weighted by Gasteiger charge is -2.22. The number of nitrogens with one attached hydrogen (secondary N) is 1. The summed E-state index contributed by atoms with van der Waals surface area (Å²) >= 11 is 5.90. The fourth-order valence-corrected chi connectivity index (χ4v) is 4.26. The van der Waals surface area contributed by atoms with Crippen molar-refractivity contribution in [3.63, 3.8) is 0 Å². The smallest absolute Gasteiger partial charge is 0.257 e. The van der Waals surface area contributed by atoms with Crippen molar-refractivity contribution in [1.29, 1.82) is 0 Å². The normalized spacial score (nSPS) is 12.3. The fourth-order valence-electron chi connectivity index (χ4n) is 4.13. The van der Waals surface area contributed by atoms with E-state index in [0.29, 0.717) is 35.0 Å². The van der Waals surface area contributed by atoms with Crippen molar-refractivity contribution in [3.8, 4) is 0 Å². The van der Waals surface area contributed by atoms with Crippen molar-refractivity contribution < 1.29 is 14.3 Å². The molecular formula is C27H28ClN3O4. The average molecular weight is 494 g/mol. The molecule has 0 aliphatic rings. The highest BCUT2D eigenvalue weighted by Gasteiger charge is 2.19. The summed E-state index contributed by atoms with van der Waals surface area (Å²) in [6.07, 6.45) is 1.50. The van der Waals surface area contributed by atoms with Gasteiger partial charge < -0.3 is 19.4 Å². The van der Waals surface area contributed by atoms with E-state index in [1.54, 1.807) is 29.8 Å². The van der Waals surface area contributed by atoms with Crippen molar-refractivity contribution in [2.75, 3.05) is 20.2 Å². The van der Waals surface area contributed by atoms with Crippen molar-refractivity contribution in [2.24, 2.45) is 7.05 Å². The highest BCUT2D eigenvalue weighted by Crippen LogP contribution is 2.21. The van der Waals surface area contributed by atoms with Gasteiger partial charge in [-0.2, -0.15) is 0 Å². The quantitative estimate of drug-likeness (QED) is 0.369. The number of aliphatic hydroxyl groups is 1. The van der Waals surface area contributed by atoms with Gasteiger partial charge in [-0.15, -0.1) is 0 Å². The second-order valence-electron chi connectivity index (χ2n) is 8.71. The molecule has 7 nitrogen and oxygen atoms in total. The van der Waals surface area contributed by atoms with Gasteiger partial charge in [0.15, 0.2) is 0 Å². The Labute approximate surface area is 208 Å². The lowest BCUT2D eigenvalue weighted by atomic mass is 9.99. The molecule has 0 radical (unpaired) electrons. The number of benzene rings is 2. The van der Waals surface area contributed by atoms with Crippen LogP contribution in [0.2, 0.25) is 5.02 Å². The molecule has 35 heavy (non-hydrogen) atoms. The number of furan rings is 1. The van der Waals surface area contributed by atoms with E-state index in [0.717, 1.165) is 11.1 Å². The number of aromatic nitrogens is 1. The third-order valence-corrected chi connectivity index (χ3v) is 6.21. The van der Waals surface area contributed by atoms with Crippen LogP contribution < -0.4 is 10.7 Å². The third-order valence-electron chi connectivity index (χ3n) is 5.96. The number of aliphatic hydroxyl groups excluding tert-OH is 1. The van der Waals surface area contributed by atoms with E-state index in [1.807, 2.05) is 54.4 Å². The number of amides is 1. The van der Waals surface area contributed by atoms with Crippen LogP contribution in [0.1, 0.15) is 33.2 Å². The van der Waals surface area contributed by atoms with Crippen LogP contribution in [-0.4, -0.2) is 40.7 Å². The van der Waals surface area contributed by atoms with Crippen LogP contribution in [-0.2, 0) is 20.1 Å². The van der Waals surface area contributed by atoms with Crippen molar-refractivity contribution in [1.82, 2.24) is 14.8 Å². The minimum absolute atomic E-state index is 0.0304. The average Bonchev–Trinajstić information content (AvgIpc) is 3.29. The van der Waals surface area contributed by atoms with Gasteiger partial charge in [-0.05, 0) is 36.4 Å². The number of hydrogen-bond acceptors (Lipinski definition) is 5. The SMILES string of the molecule is CN(Cc1cc2c(=O)c(C(=O)NCc3ccc(Cl)cc3)cn(C)c2o1)CC(CO)c1ccccc1. The molecule has 1 unspecified atom stereocenters. The molecule has 0 spiro atoms. The predicted octanol–water partition coefficient (Wildman–Crippen LogP) is 3.92. The Kier molecular flexibility index (Phi) is 7.70. The zero-order chi connectivity index (χ0) is 24.9. The molecule has 2 aromatic carbocycles. The molecule has 0 bridgehead atoms. The first kappa shape index (κ1) is 24.7. The largest absolute Gasteiger partial charge is 0.443 e. The monoisotopic (exact) mass is 493 g/mol. The van der Waals surface area contributed by atoms with Gasteiger partial charge in [0.2, 0.25) is 11.1 Å². The number of carbonyl (C=O) groups excluding carboxylic acids is 1. The molecule has 182 valence electrons. The first-order valence-electron chi connectivity index (χ1n) is 11.3. The highest BCUT2D eigenvalue weighted by atomic mass is 35.5. The van der Waals surface area contributed by atoms with Crippen LogP contribution in [0.15, 0.2) is 76.1 Å². The van der Waals surface area contributed by atoms with Gasteiger partial charge in [-0.1, -0.05) is 54.1 Å². The molecule has 0 saturated carbocycles. The van der Waals surface area contributed by atoms with Crippen LogP contribution in [0.25, 0.3) is 11.1 Å². The van der Waals surface area contributed by atoms with Crippen LogP contribution >= 0.6 is 11.6 Å². The van der Waals surface area contributed by atoms with E-state index in [4.69, 9.17) is 16.0 Å². The molecule has 2 aromatic heterocycles. The van der Waals surface area contributed by atoms with Gasteiger partial charge in [0.25, 0.3) is 5.91 Å². The zero-order valence-electron chi connectivity index (χ0n) is 19.7. The number of fused-ring (bicyclic) bond motifs is 1. The highest BCUT2D eigenvalue weighted by molar-refractivity contribution is 6.30. The second-order valence-corrected chi connectivity index (χ2v) is 9.15. The van der Waals surface area contributed by atoms with E-state index in [9.17, 15) is 14.7 Å². The zero-order valence-corrected chi connectivity index (χ0v) is 20.5. The Morgan fingerprint density at radius 3 is 2.57 bits per heavy atom. The molecular weight excluding hydrogens is 466 g/mol. The summed E-state index contributed by atoms with van der Waals surface area (Å²) in [5.41, 5.74) is 2.04. The molecule has 2 heterocycles. The lowest BCUT2D eigenvalue weighted by Crippen LogP contribution is -2.29. The van der Waals surface area contributed by atoms with Crippen molar-refractivity contribution in [3.05, 3.63) is 105 Å². The van der Waals surface area contributed by atoms with E-state index >= 15 is 0 Å². The number of hydrogen-bond donors (Lipinski definition) is 2. The molecule has 1 atom stereocenters. The third kappa shape index (κ3) is 5.82. The summed E-state index contributed by atoms with van der Waals surface area (Å²) in [7, 11) is 3.68. The number of pyridine rings is 1. The number of aryl methyl sites for hydroxylation is 1. The van der Waals surface area contributed by atoms with Gasteiger partial charge in [-0.3, -0.25) is 14.5 Å². The minimum atomic E-state index is -0.448. The summed E-state index contributed by atoms with van der Waals surface area (Å²) in [4.78, 5) is 27.9. The topological polar surface area (TPSA) is 87.7 Å². The molecule has 2 N–H and O–H groups in total. The Morgan fingerprint density at radius 1 is 1.17 bits per heavy atom. The maximum absolute atomic E-state index is 13.1. The molecule has 0 saturated heterocycles.